The molecule has 1 atom stereocenters. The Bertz CT molecular complexity index is 606. The molecule has 1 unspecified atom stereocenters. The summed E-state index contributed by atoms with van der Waals surface area (Å²) in [6.45, 7) is 0. The van der Waals surface area contributed by atoms with Gasteiger partial charge in [-0.25, -0.2) is 4.39 Å². The van der Waals surface area contributed by atoms with Crippen LogP contribution in [0.15, 0.2) is 48.5 Å². The second-order valence-electron chi connectivity index (χ2n) is 4.22. The van der Waals surface area contributed by atoms with Crippen LogP contribution in [-0.4, -0.2) is 11.2 Å². The first kappa shape index (κ1) is 15.4. The Kier molecular flexibility index (Phi) is 5.54. The van der Waals surface area contributed by atoms with E-state index in [0.717, 1.165) is 5.56 Å². The summed E-state index contributed by atoms with van der Waals surface area (Å²) in [5, 5.41) is 3.56. The van der Waals surface area contributed by atoms with E-state index in [4.69, 9.17) is 0 Å². The average molecular weight is 448 g/mol. The average Bonchev–Trinajstić information content (AvgIpc) is 2.45. The minimum absolute atomic E-state index is 0.121. The van der Waals surface area contributed by atoms with Crippen LogP contribution < -0.4 is 5.32 Å². The fraction of sp³-hybridized carbons (Fsp3) is 0.133. The van der Waals surface area contributed by atoms with Gasteiger partial charge in [-0.05, 0) is 46.4 Å². The van der Waals surface area contributed by atoms with Gasteiger partial charge in [-0.3, -0.25) is 4.79 Å². The SMILES string of the molecule is O=C(NC(CBr)c1ccccc1)c1ccc(F)cc1I. The molecule has 5 heteroatoms. The number of amides is 1. The van der Waals surface area contributed by atoms with Crippen molar-refractivity contribution in [2.45, 2.75) is 6.04 Å². The lowest BCUT2D eigenvalue weighted by Gasteiger charge is -2.17. The van der Waals surface area contributed by atoms with Gasteiger partial charge in [0, 0.05) is 8.90 Å². The molecule has 0 aliphatic rings. The van der Waals surface area contributed by atoms with Crippen LogP contribution in [0.4, 0.5) is 4.39 Å². The highest BCUT2D eigenvalue weighted by Crippen LogP contribution is 2.18. The van der Waals surface area contributed by atoms with Crippen molar-refractivity contribution in [3.8, 4) is 0 Å². The molecule has 0 bridgehead atoms. The molecule has 0 heterocycles. The number of nitrogens with one attached hydrogen (secondary N) is 1. The van der Waals surface area contributed by atoms with Gasteiger partial charge in [0.05, 0.1) is 11.6 Å². The fourth-order valence-electron chi connectivity index (χ4n) is 1.81. The summed E-state index contributed by atoms with van der Waals surface area (Å²) in [5.41, 5.74) is 1.50. The van der Waals surface area contributed by atoms with Crippen LogP contribution in [-0.2, 0) is 0 Å². The Morgan fingerprint density at radius 3 is 2.55 bits per heavy atom. The maximum absolute atomic E-state index is 13.1. The van der Waals surface area contributed by atoms with Crippen molar-refractivity contribution in [2.75, 3.05) is 5.33 Å². The maximum Gasteiger partial charge on any atom is 0.252 e. The van der Waals surface area contributed by atoms with Crippen LogP contribution in [0.5, 0.6) is 0 Å². The largest absolute Gasteiger partial charge is 0.344 e. The number of hydrogen-bond acceptors (Lipinski definition) is 1. The van der Waals surface area contributed by atoms with Gasteiger partial charge in [-0.2, -0.15) is 0 Å². The molecule has 0 spiro atoms. The van der Waals surface area contributed by atoms with E-state index in [1.807, 2.05) is 52.9 Å². The van der Waals surface area contributed by atoms with Crippen molar-refractivity contribution in [2.24, 2.45) is 0 Å². The minimum Gasteiger partial charge on any atom is -0.344 e. The lowest BCUT2D eigenvalue weighted by atomic mass is 10.1. The van der Waals surface area contributed by atoms with Gasteiger partial charge in [0.25, 0.3) is 5.91 Å². The molecule has 0 aliphatic heterocycles. The zero-order chi connectivity index (χ0) is 14.5. The van der Waals surface area contributed by atoms with E-state index in [2.05, 4.69) is 21.2 Å². The highest BCUT2D eigenvalue weighted by Gasteiger charge is 2.16. The van der Waals surface area contributed by atoms with E-state index in [-0.39, 0.29) is 17.8 Å². The van der Waals surface area contributed by atoms with Crippen LogP contribution >= 0.6 is 38.5 Å². The summed E-state index contributed by atoms with van der Waals surface area (Å²) >= 11 is 5.37. The number of benzene rings is 2. The molecule has 2 nitrogen and oxygen atoms in total. The van der Waals surface area contributed by atoms with Crippen LogP contribution in [0.2, 0.25) is 0 Å². The van der Waals surface area contributed by atoms with Crippen LogP contribution in [0, 0.1) is 9.39 Å². The van der Waals surface area contributed by atoms with Gasteiger partial charge in [0.15, 0.2) is 0 Å². The van der Waals surface area contributed by atoms with Gasteiger partial charge in [0.1, 0.15) is 5.82 Å². The predicted molar refractivity (Wildman–Crippen MR) is 89.6 cm³/mol. The lowest BCUT2D eigenvalue weighted by molar-refractivity contribution is 0.0940. The molecular formula is C15H12BrFINO. The standard InChI is InChI=1S/C15H12BrFINO/c16-9-14(10-4-2-1-3-5-10)19-15(20)12-7-6-11(17)8-13(12)18/h1-8,14H,9H2,(H,19,20). The molecule has 0 aliphatic carbocycles. The van der Waals surface area contributed by atoms with E-state index in [9.17, 15) is 9.18 Å². The zero-order valence-corrected chi connectivity index (χ0v) is 14.2. The summed E-state index contributed by atoms with van der Waals surface area (Å²) in [7, 11) is 0. The third kappa shape index (κ3) is 3.79. The van der Waals surface area contributed by atoms with Crippen molar-refractivity contribution in [1.82, 2.24) is 5.32 Å². The highest BCUT2D eigenvalue weighted by atomic mass is 127. The van der Waals surface area contributed by atoms with Crippen molar-refractivity contribution in [3.05, 3.63) is 69.0 Å². The monoisotopic (exact) mass is 447 g/mol. The van der Waals surface area contributed by atoms with Crippen molar-refractivity contribution >= 4 is 44.4 Å². The van der Waals surface area contributed by atoms with E-state index in [1.165, 1.54) is 18.2 Å². The molecule has 104 valence electrons. The molecule has 0 saturated carbocycles. The van der Waals surface area contributed by atoms with Crippen molar-refractivity contribution in [3.63, 3.8) is 0 Å². The Hall–Kier alpha value is -0.950. The summed E-state index contributed by atoms with van der Waals surface area (Å²) in [5.74, 6) is -0.547. The first-order valence-corrected chi connectivity index (χ1v) is 8.18. The van der Waals surface area contributed by atoms with Crippen LogP contribution in [0.1, 0.15) is 22.0 Å². The second kappa shape index (κ2) is 7.17. The van der Waals surface area contributed by atoms with Gasteiger partial charge >= 0.3 is 0 Å². The Balaban J connectivity index is 2.17. The van der Waals surface area contributed by atoms with E-state index < -0.39 is 0 Å². The number of carbonyl (C=O) groups excluding carboxylic acids is 1. The summed E-state index contributed by atoms with van der Waals surface area (Å²) in [4.78, 5) is 12.3. The quantitative estimate of drug-likeness (QED) is 0.549. The number of rotatable bonds is 4. The molecule has 0 radical (unpaired) electrons. The van der Waals surface area contributed by atoms with Crippen molar-refractivity contribution in [1.29, 1.82) is 0 Å². The predicted octanol–water partition coefficient (Wildman–Crippen LogP) is 4.30. The maximum atomic E-state index is 13.1. The molecule has 2 aromatic carbocycles. The Morgan fingerprint density at radius 1 is 1.25 bits per heavy atom. The number of halogens is 3. The van der Waals surface area contributed by atoms with E-state index in [0.29, 0.717) is 14.5 Å². The Morgan fingerprint density at radius 2 is 1.95 bits per heavy atom. The molecule has 1 amide bonds. The smallest absolute Gasteiger partial charge is 0.252 e. The molecule has 0 aromatic heterocycles. The normalized spacial score (nSPS) is 11.9. The van der Waals surface area contributed by atoms with Crippen molar-refractivity contribution < 1.29 is 9.18 Å². The second-order valence-corrected chi connectivity index (χ2v) is 6.02. The van der Waals surface area contributed by atoms with E-state index >= 15 is 0 Å². The third-order valence-electron chi connectivity index (χ3n) is 2.84. The molecule has 1 N–H and O–H groups in total. The lowest BCUT2D eigenvalue weighted by Crippen LogP contribution is -2.30. The number of alkyl halides is 1. The van der Waals surface area contributed by atoms with E-state index in [1.54, 1.807) is 0 Å². The van der Waals surface area contributed by atoms with Gasteiger partial charge < -0.3 is 5.32 Å². The van der Waals surface area contributed by atoms with Gasteiger partial charge in [-0.15, -0.1) is 0 Å². The third-order valence-corrected chi connectivity index (χ3v) is 4.38. The molecule has 0 saturated heterocycles. The molecule has 0 fully saturated rings. The first-order chi connectivity index (χ1) is 9.61. The topological polar surface area (TPSA) is 29.1 Å². The van der Waals surface area contributed by atoms with Crippen LogP contribution in [0.3, 0.4) is 0 Å². The Labute approximate surface area is 139 Å². The van der Waals surface area contributed by atoms with Gasteiger partial charge in [0.2, 0.25) is 0 Å². The molecule has 2 aromatic rings. The molecule has 20 heavy (non-hydrogen) atoms. The summed E-state index contributed by atoms with van der Waals surface area (Å²) in [6, 6.07) is 13.7. The summed E-state index contributed by atoms with van der Waals surface area (Å²) in [6.07, 6.45) is 0. The number of carbonyl (C=O) groups is 1. The van der Waals surface area contributed by atoms with Crippen LogP contribution in [0.25, 0.3) is 0 Å². The minimum atomic E-state index is -0.342. The number of hydrogen-bond donors (Lipinski definition) is 1. The molecular weight excluding hydrogens is 436 g/mol. The van der Waals surface area contributed by atoms with Gasteiger partial charge in [-0.1, -0.05) is 46.3 Å². The summed E-state index contributed by atoms with van der Waals surface area (Å²) < 4.78 is 13.7. The first-order valence-electron chi connectivity index (χ1n) is 5.98. The highest BCUT2D eigenvalue weighted by molar-refractivity contribution is 14.1. The zero-order valence-electron chi connectivity index (χ0n) is 10.4. The fourth-order valence-corrected chi connectivity index (χ4v) is 3.06. The molecule has 2 rings (SSSR count).